The highest BCUT2D eigenvalue weighted by atomic mass is 19.1. The van der Waals surface area contributed by atoms with Crippen LogP contribution in [0.2, 0.25) is 0 Å². The number of anilines is 1. The van der Waals surface area contributed by atoms with Crippen LogP contribution in [0.5, 0.6) is 0 Å². The van der Waals surface area contributed by atoms with Crippen LogP contribution < -0.4 is 11.3 Å². The van der Waals surface area contributed by atoms with Gasteiger partial charge < -0.3 is 5.43 Å². The van der Waals surface area contributed by atoms with Crippen molar-refractivity contribution < 1.29 is 8.78 Å². The zero-order valence-electron chi connectivity index (χ0n) is 9.74. The maximum atomic E-state index is 13.0. The van der Waals surface area contributed by atoms with Gasteiger partial charge in [-0.15, -0.1) is 0 Å². The number of nitrogens with two attached hydrogens (primary N) is 1. The lowest BCUT2D eigenvalue weighted by Crippen LogP contribution is -2.11. The molecule has 0 aliphatic rings. The van der Waals surface area contributed by atoms with E-state index in [2.05, 4.69) is 15.4 Å². The van der Waals surface area contributed by atoms with Crippen molar-refractivity contribution in [2.24, 2.45) is 5.84 Å². The molecule has 0 fully saturated rings. The molecule has 4 nitrogen and oxygen atoms in total. The summed E-state index contributed by atoms with van der Waals surface area (Å²) in [6, 6.07) is 5.01. The Labute approximate surface area is 103 Å². The van der Waals surface area contributed by atoms with Crippen molar-refractivity contribution in [1.29, 1.82) is 0 Å². The summed E-state index contributed by atoms with van der Waals surface area (Å²) in [4.78, 5) is 8.30. The number of rotatable bonds is 3. The van der Waals surface area contributed by atoms with Crippen LogP contribution in [0.1, 0.15) is 17.1 Å². The standard InChI is InChI=1S/C12H12F2N4/c1-7-2-12(18-15)17-11(16-7)5-8-3-9(13)6-10(14)4-8/h2-4,6H,5,15H2,1H3,(H,16,17,18). The van der Waals surface area contributed by atoms with E-state index in [0.29, 0.717) is 17.2 Å². The molecule has 0 aliphatic heterocycles. The second kappa shape index (κ2) is 5.05. The smallest absolute Gasteiger partial charge is 0.143 e. The van der Waals surface area contributed by atoms with Gasteiger partial charge in [-0.25, -0.2) is 24.6 Å². The van der Waals surface area contributed by atoms with Crippen LogP contribution in [0.4, 0.5) is 14.6 Å². The Morgan fingerprint density at radius 2 is 1.78 bits per heavy atom. The van der Waals surface area contributed by atoms with Crippen LogP contribution in [0.3, 0.4) is 0 Å². The maximum absolute atomic E-state index is 13.0. The van der Waals surface area contributed by atoms with E-state index in [4.69, 9.17) is 5.84 Å². The number of hydrogen-bond acceptors (Lipinski definition) is 4. The zero-order valence-corrected chi connectivity index (χ0v) is 9.74. The molecular weight excluding hydrogens is 238 g/mol. The Morgan fingerprint density at radius 3 is 2.39 bits per heavy atom. The van der Waals surface area contributed by atoms with Gasteiger partial charge in [0.2, 0.25) is 0 Å². The molecule has 1 heterocycles. The molecule has 0 unspecified atom stereocenters. The van der Waals surface area contributed by atoms with Gasteiger partial charge in [-0.3, -0.25) is 0 Å². The first-order valence-corrected chi connectivity index (χ1v) is 5.33. The highest BCUT2D eigenvalue weighted by Crippen LogP contribution is 2.13. The Kier molecular flexibility index (Phi) is 3.47. The van der Waals surface area contributed by atoms with E-state index in [1.165, 1.54) is 12.1 Å². The summed E-state index contributed by atoms with van der Waals surface area (Å²) >= 11 is 0. The minimum Gasteiger partial charge on any atom is -0.308 e. The van der Waals surface area contributed by atoms with Crippen molar-refractivity contribution >= 4 is 5.82 Å². The minimum atomic E-state index is -0.616. The van der Waals surface area contributed by atoms with Crippen molar-refractivity contribution in [3.05, 3.63) is 53.0 Å². The zero-order chi connectivity index (χ0) is 13.1. The molecule has 0 radical (unpaired) electrons. The predicted octanol–water partition coefficient (Wildman–Crippen LogP) is 1.94. The SMILES string of the molecule is Cc1cc(NN)nc(Cc2cc(F)cc(F)c2)n1. The summed E-state index contributed by atoms with van der Waals surface area (Å²) in [5.74, 6) is 4.96. The van der Waals surface area contributed by atoms with Crippen LogP contribution in [0.15, 0.2) is 24.3 Å². The summed E-state index contributed by atoms with van der Waals surface area (Å²) in [6.45, 7) is 1.79. The molecule has 0 spiro atoms. The van der Waals surface area contributed by atoms with Crippen LogP contribution >= 0.6 is 0 Å². The lowest BCUT2D eigenvalue weighted by Gasteiger charge is -2.05. The molecule has 0 aliphatic carbocycles. The number of nitrogens with one attached hydrogen (secondary N) is 1. The maximum Gasteiger partial charge on any atom is 0.143 e. The number of benzene rings is 1. The molecule has 0 bridgehead atoms. The average molecular weight is 250 g/mol. The molecule has 0 saturated heterocycles. The van der Waals surface area contributed by atoms with Gasteiger partial charge in [0.25, 0.3) is 0 Å². The first-order chi connectivity index (χ1) is 8.56. The van der Waals surface area contributed by atoms with Gasteiger partial charge in [0.15, 0.2) is 0 Å². The summed E-state index contributed by atoms with van der Waals surface area (Å²) in [7, 11) is 0. The second-order valence-electron chi connectivity index (χ2n) is 3.91. The van der Waals surface area contributed by atoms with E-state index in [1.807, 2.05) is 0 Å². The number of halogens is 2. The van der Waals surface area contributed by atoms with Gasteiger partial charge in [0.05, 0.1) is 0 Å². The number of nitrogen functional groups attached to an aromatic ring is 1. The van der Waals surface area contributed by atoms with E-state index < -0.39 is 11.6 Å². The molecule has 94 valence electrons. The third kappa shape index (κ3) is 2.98. The number of nitrogens with zero attached hydrogens (tertiary/aromatic N) is 2. The number of aromatic nitrogens is 2. The lowest BCUT2D eigenvalue weighted by atomic mass is 10.1. The highest BCUT2D eigenvalue weighted by Gasteiger charge is 2.06. The Hall–Kier alpha value is -2.08. The molecule has 0 amide bonds. The van der Waals surface area contributed by atoms with Crippen molar-refractivity contribution in [3.63, 3.8) is 0 Å². The van der Waals surface area contributed by atoms with E-state index in [-0.39, 0.29) is 6.42 Å². The van der Waals surface area contributed by atoms with Crippen molar-refractivity contribution in [1.82, 2.24) is 9.97 Å². The van der Waals surface area contributed by atoms with E-state index >= 15 is 0 Å². The normalized spacial score (nSPS) is 10.4. The van der Waals surface area contributed by atoms with Gasteiger partial charge in [-0.1, -0.05) is 0 Å². The second-order valence-corrected chi connectivity index (χ2v) is 3.91. The average Bonchev–Trinajstić information content (AvgIpc) is 2.26. The van der Waals surface area contributed by atoms with Crippen LogP contribution in [-0.2, 0) is 6.42 Å². The van der Waals surface area contributed by atoms with E-state index in [1.54, 1.807) is 13.0 Å². The third-order valence-corrected chi connectivity index (χ3v) is 2.33. The van der Waals surface area contributed by atoms with Gasteiger partial charge in [0, 0.05) is 24.2 Å². The monoisotopic (exact) mass is 250 g/mol. The molecule has 18 heavy (non-hydrogen) atoms. The number of hydrazine groups is 1. The molecule has 0 saturated carbocycles. The first-order valence-electron chi connectivity index (χ1n) is 5.33. The van der Waals surface area contributed by atoms with Crippen LogP contribution in [0, 0.1) is 18.6 Å². The van der Waals surface area contributed by atoms with Crippen molar-refractivity contribution in [2.75, 3.05) is 5.43 Å². The van der Waals surface area contributed by atoms with Crippen LogP contribution in [0.25, 0.3) is 0 Å². The van der Waals surface area contributed by atoms with Crippen molar-refractivity contribution in [2.45, 2.75) is 13.3 Å². The fourth-order valence-corrected chi connectivity index (χ4v) is 1.68. The highest BCUT2D eigenvalue weighted by molar-refractivity contribution is 5.35. The third-order valence-electron chi connectivity index (χ3n) is 2.33. The molecule has 1 aromatic heterocycles. The summed E-state index contributed by atoms with van der Waals surface area (Å²) in [5, 5.41) is 0. The molecule has 1 aromatic carbocycles. The fourth-order valence-electron chi connectivity index (χ4n) is 1.68. The molecule has 6 heteroatoms. The molecule has 2 rings (SSSR count). The fraction of sp³-hybridized carbons (Fsp3) is 0.167. The lowest BCUT2D eigenvalue weighted by molar-refractivity contribution is 0.580. The summed E-state index contributed by atoms with van der Waals surface area (Å²) in [5.41, 5.74) is 3.62. The first kappa shape index (κ1) is 12.4. The molecule has 3 N–H and O–H groups in total. The Bertz CT molecular complexity index is 552. The van der Waals surface area contributed by atoms with E-state index in [9.17, 15) is 8.78 Å². The summed E-state index contributed by atoms with van der Waals surface area (Å²) in [6.07, 6.45) is 0.241. The van der Waals surface area contributed by atoms with Gasteiger partial charge >= 0.3 is 0 Å². The largest absolute Gasteiger partial charge is 0.308 e. The number of hydrogen-bond donors (Lipinski definition) is 2. The predicted molar refractivity (Wildman–Crippen MR) is 63.7 cm³/mol. The van der Waals surface area contributed by atoms with Crippen molar-refractivity contribution in [3.8, 4) is 0 Å². The topological polar surface area (TPSA) is 63.8 Å². The van der Waals surface area contributed by atoms with Crippen LogP contribution in [-0.4, -0.2) is 9.97 Å². The molecular formula is C12H12F2N4. The summed E-state index contributed by atoms with van der Waals surface area (Å²) < 4.78 is 26.1. The Balaban J connectivity index is 2.30. The number of aryl methyl sites for hydroxylation is 1. The molecule has 0 atom stereocenters. The minimum absolute atomic E-state index is 0.241. The van der Waals surface area contributed by atoms with E-state index in [0.717, 1.165) is 11.8 Å². The van der Waals surface area contributed by atoms with Gasteiger partial charge in [0.1, 0.15) is 23.3 Å². The Morgan fingerprint density at radius 1 is 1.11 bits per heavy atom. The van der Waals surface area contributed by atoms with Gasteiger partial charge in [-0.2, -0.15) is 0 Å². The van der Waals surface area contributed by atoms with Gasteiger partial charge in [-0.05, 0) is 24.6 Å². The quantitative estimate of drug-likeness (QED) is 0.645. The molecule has 2 aromatic rings.